The highest BCUT2D eigenvalue weighted by atomic mass is 16.5. The number of rotatable bonds is 0. The number of para-hydroxylation sites is 1. The third-order valence-electron chi connectivity index (χ3n) is 2.06. The average Bonchev–Trinajstić information content (AvgIpc) is 2.04. The maximum atomic E-state index is 5.54. The smallest absolute Gasteiger partial charge is 0.122 e. The minimum atomic E-state index is 0.671. The molecule has 1 aromatic rings. The van der Waals surface area contributed by atoms with E-state index in [1.807, 2.05) is 12.1 Å². The fourth-order valence-electron chi connectivity index (χ4n) is 1.48. The van der Waals surface area contributed by atoms with Crippen molar-refractivity contribution in [3.8, 4) is 5.75 Å². The van der Waals surface area contributed by atoms with Gasteiger partial charge in [0.25, 0.3) is 0 Å². The lowest BCUT2D eigenvalue weighted by Crippen LogP contribution is -2.17. The lowest BCUT2D eigenvalue weighted by Gasteiger charge is -2.21. The first-order chi connectivity index (χ1) is 5.36. The van der Waals surface area contributed by atoms with Crippen molar-refractivity contribution in [1.82, 2.24) is 0 Å². The number of benzene rings is 1. The Hall–Kier alpha value is -0.980. The number of hydrogen-bond acceptors (Lipinski definition) is 1. The molecule has 1 aliphatic rings. The van der Waals surface area contributed by atoms with E-state index in [1.54, 1.807) is 0 Å². The van der Waals surface area contributed by atoms with Gasteiger partial charge in [-0.15, -0.1) is 0 Å². The molecule has 1 nitrogen and oxygen atoms in total. The van der Waals surface area contributed by atoms with E-state index in [1.165, 1.54) is 5.56 Å². The summed E-state index contributed by atoms with van der Waals surface area (Å²) in [5.74, 6) is 1.75. The molecule has 0 radical (unpaired) electrons. The molecule has 0 aromatic heterocycles. The van der Waals surface area contributed by atoms with Gasteiger partial charge in [0.1, 0.15) is 5.75 Å². The highest BCUT2D eigenvalue weighted by Crippen LogP contribution is 2.25. The number of hydrogen-bond donors (Lipinski definition) is 0. The molecular weight excluding hydrogens is 136 g/mol. The van der Waals surface area contributed by atoms with Gasteiger partial charge in [-0.1, -0.05) is 25.1 Å². The maximum absolute atomic E-state index is 5.54. The van der Waals surface area contributed by atoms with Crippen molar-refractivity contribution in [1.29, 1.82) is 0 Å². The second-order valence-corrected chi connectivity index (χ2v) is 3.23. The van der Waals surface area contributed by atoms with Gasteiger partial charge in [0.15, 0.2) is 0 Å². The Kier molecular flexibility index (Phi) is 1.57. The molecule has 1 atom stereocenters. The van der Waals surface area contributed by atoms with Crippen LogP contribution in [0.3, 0.4) is 0 Å². The molecule has 0 N–H and O–H groups in total. The van der Waals surface area contributed by atoms with E-state index in [2.05, 4.69) is 19.1 Å². The molecule has 11 heavy (non-hydrogen) atoms. The average molecular weight is 148 g/mol. The first-order valence-corrected chi connectivity index (χ1v) is 4.07. The largest absolute Gasteiger partial charge is 0.493 e. The molecule has 1 unspecified atom stereocenters. The third-order valence-corrected chi connectivity index (χ3v) is 2.06. The zero-order valence-corrected chi connectivity index (χ0v) is 6.71. The van der Waals surface area contributed by atoms with Gasteiger partial charge in [0.05, 0.1) is 6.61 Å². The molecular formula is C10H12O. The Labute approximate surface area is 67.0 Å². The molecule has 0 saturated carbocycles. The molecule has 0 aliphatic carbocycles. The topological polar surface area (TPSA) is 9.23 Å². The standard InChI is InChI=1S/C10H12O/c1-8-6-9-4-2-3-5-10(9)11-7-8/h2-5,8H,6-7H2,1H3. The highest BCUT2D eigenvalue weighted by molar-refractivity contribution is 5.34. The molecule has 1 heteroatoms. The first-order valence-electron chi connectivity index (χ1n) is 4.07. The van der Waals surface area contributed by atoms with E-state index < -0.39 is 0 Å². The summed E-state index contributed by atoms with van der Waals surface area (Å²) in [4.78, 5) is 0. The Morgan fingerprint density at radius 2 is 2.18 bits per heavy atom. The molecule has 58 valence electrons. The van der Waals surface area contributed by atoms with Crippen molar-refractivity contribution in [3.05, 3.63) is 29.8 Å². The molecule has 1 aromatic carbocycles. The predicted molar refractivity (Wildman–Crippen MR) is 44.8 cm³/mol. The summed E-state index contributed by atoms with van der Waals surface area (Å²) in [6.45, 7) is 3.09. The summed E-state index contributed by atoms with van der Waals surface area (Å²) in [6, 6.07) is 8.28. The van der Waals surface area contributed by atoms with E-state index in [9.17, 15) is 0 Å². The van der Waals surface area contributed by atoms with Gasteiger partial charge < -0.3 is 4.74 Å². The minimum Gasteiger partial charge on any atom is -0.493 e. The summed E-state index contributed by atoms with van der Waals surface area (Å²) < 4.78 is 5.54. The Bertz CT molecular complexity index is 255. The summed E-state index contributed by atoms with van der Waals surface area (Å²) in [5, 5.41) is 0. The van der Waals surface area contributed by atoms with Crippen LogP contribution in [0.5, 0.6) is 5.75 Å². The second-order valence-electron chi connectivity index (χ2n) is 3.23. The van der Waals surface area contributed by atoms with Crippen LogP contribution in [0.1, 0.15) is 12.5 Å². The van der Waals surface area contributed by atoms with Gasteiger partial charge in [-0.2, -0.15) is 0 Å². The molecule has 1 heterocycles. The number of fused-ring (bicyclic) bond motifs is 1. The minimum absolute atomic E-state index is 0.671. The summed E-state index contributed by atoms with van der Waals surface area (Å²) in [5.41, 5.74) is 1.35. The van der Waals surface area contributed by atoms with Crippen LogP contribution in [0.15, 0.2) is 24.3 Å². The molecule has 0 spiro atoms. The van der Waals surface area contributed by atoms with E-state index in [-0.39, 0.29) is 0 Å². The van der Waals surface area contributed by atoms with E-state index in [0.29, 0.717) is 5.92 Å². The Morgan fingerprint density at radius 3 is 3.09 bits per heavy atom. The van der Waals surface area contributed by atoms with Crippen LogP contribution in [-0.2, 0) is 6.42 Å². The van der Waals surface area contributed by atoms with Crippen LogP contribution < -0.4 is 4.74 Å². The highest BCUT2D eigenvalue weighted by Gasteiger charge is 2.14. The van der Waals surface area contributed by atoms with Crippen molar-refractivity contribution in [3.63, 3.8) is 0 Å². The van der Waals surface area contributed by atoms with Crippen molar-refractivity contribution < 1.29 is 4.74 Å². The zero-order valence-electron chi connectivity index (χ0n) is 6.71. The molecule has 0 fully saturated rings. The lowest BCUT2D eigenvalue weighted by molar-refractivity contribution is 0.234. The van der Waals surface area contributed by atoms with Crippen molar-refractivity contribution in [2.45, 2.75) is 13.3 Å². The van der Waals surface area contributed by atoms with Crippen LogP contribution in [0, 0.1) is 5.92 Å². The first kappa shape index (κ1) is 6.71. The van der Waals surface area contributed by atoms with Gasteiger partial charge in [-0.05, 0) is 24.0 Å². The van der Waals surface area contributed by atoms with Gasteiger partial charge in [-0.25, -0.2) is 0 Å². The van der Waals surface area contributed by atoms with E-state index in [0.717, 1.165) is 18.8 Å². The zero-order chi connectivity index (χ0) is 7.68. The van der Waals surface area contributed by atoms with Gasteiger partial charge in [0.2, 0.25) is 0 Å². The third kappa shape index (κ3) is 1.23. The van der Waals surface area contributed by atoms with Crippen molar-refractivity contribution in [2.24, 2.45) is 5.92 Å². The fourth-order valence-corrected chi connectivity index (χ4v) is 1.48. The molecule has 2 rings (SSSR count). The monoisotopic (exact) mass is 148 g/mol. The number of ether oxygens (including phenoxy) is 1. The molecule has 0 saturated heterocycles. The predicted octanol–water partition coefficient (Wildman–Crippen LogP) is 2.26. The quantitative estimate of drug-likeness (QED) is 0.548. The van der Waals surface area contributed by atoms with Gasteiger partial charge >= 0.3 is 0 Å². The van der Waals surface area contributed by atoms with Crippen LogP contribution in [0.4, 0.5) is 0 Å². The molecule has 0 amide bonds. The molecule has 1 aliphatic heterocycles. The lowest BCUT2D eigenvalue weighted by atomic mass is 9.99. The van der Waals surface area contributed by atoms with Crippen molar-refractivity contribution in [2.75, 3.05) is 6.61 Å². The molecule has 0 bridgehead atoms. The van der Waals surface area contributed by atoms with Crippen molar-refractivity contribution >= 4 is 0 Å². The van der Waals surface area contributed by atoms with Crippen LogP contribution in [0.25, 0.3) is 0 Å². The summed E-state index contributed by atoms with van der Waals surface area (Å²) in [7, 11) is 0. The summed E-state index contributed by atoms with van der Waals surface area (Å²) in [6.07, 6.45) is 1.16. The van der Waals surface area contributed by atoms with E-state index in [4.69, 9.17) is 4.74 Å². The normalized spacial score (nSPS) is 22.1. The van der Waals surface area contributed by atoms with Gasteiger partial charge in [0, 0.05) is 0 Å². The van der Waals surface area contributed by atoms with Crippen LogP contribution >= 0.6 is 0 Å². The van der Waals surface area contributed by atoms with Crippen LogP contribution in [-0.4, -0.2) is 6.61 Å². The maximum Gasteiger partial charge on any atom is 0.122 e. The summed E-state index contributed by atoms with van der Waals surface area (Å²) >= 11 is 0. The van der Waals surface area contributed by atoms with Gasteiger partial charge in [-0.3, -0.25) is 0 Å². The van der Waals surface area contributed by atoms with Crippen LogP contribution in [0.2, 0.25) is 0 Å². The Morgan fingerprint density at radius 1 is 1.36 bits per heavy atom. The van der Waals surface area contributed by atoms with E-state index >= 15 is 0 Å². The fraction of sp³-hybridized carbons (Fsp3) is 0.400. The second kappa shape index (κ2) is 2.57. The SMILES string of the molecule is CC1COc2ccccc2C1. The Balaban J connectivity index is 2.34.